The molecule has 0 aromatic heterocycles. The maximum Gasteiger partial charge on any atom is 0.266 e. The van der Waals surface area contributed by atoms with Gasteiger partial charge in [-0.15, -0.1) is 0 Å². The Hall–Kier alpha value is -3.03. The molecule has 0 saturated carbocycles. The number of rotatable bonds is 7. The topological polar surface area (TPSA) is 86.7 Å². The Kier molecular flexibility index (Phi) is 6.36. The highest BCUT2D eigenvalue weighted by Crippen LogP contribution is 2.34. The van der Waals surface area contributed by atoms with Gasteiger partial charge in [0, 0.05) is 48.6 Å². The first-order chi connectivity index (χ1) is 15.7. The quantitative estimate of drug-likeness (QED) is 0.608. The van der Waals surface area contributed by atoms with E-state index < -0.39 is 23.1 Å². The molecule has 0 radical (unpaired) electrons. The number of Topliss-reactive ketones (excluding diaryl/α,β-unsaturated/α-hetero) is 1. The molecule has 1 saturated heterocycles. The number of hydrogen-bond acceptors (Lipinski definition) is 4. The van der Waals surface area contributed by atoms with Crippen molar-refractivity contribution in [1.82, 2.24) is 5.32 Å². The van der Waals surface area contributed by atoms with E-state index in [0.29, 0.717) is 29.8 Å². The Labute approximate surface area is 196 Å². The standard InChI is InChI=1S/C25H24ClFN2O4/c1-2-28-23(31)18-11-16-4-5-21(13-17(16)12-18)29-8-7-25(33,24(29)32)22(30)6-3-15-9-19(26)14-20(27)10-15/h4-5,9-10,12-14,33H,2-3,6-8,11H2,1H3,(H,28,31)/t25-/m1/s1. The van der Waals surface area contributed by atoms with Crippen LogP contribution in [-0.2, 0) is 27.2 Å². The van der Waals surface area contributed by atoms with Gasteiger partial charge in [-0.05, 0) is 66.4 Å². The van der Waals surface area contributed by atoms with Crippen molar-refractivity contribution < 1.29 is 23.9 Å². The number of fused-ring (bicyclic) bond motifs is 1. The second-order valence-electron chi connectivity index (χ2n) is 8.36. The van der Waals surface area contributed by atoms with Crippen LogP contribution in [0.3, 0.4) is 0 Å². The zero-order valence-electron chi connectivity index (χ0n) is 18.2. The molecule has 172 valence electrons. The molecule has 2 N–H and O–H groups in total. The molecule has 2 aromatic carbocycles. The van der Waals surface area contributed by atoms with Crippen LogP contribution < -0.4 is 10.2 Å². The van der Waals surface area contributed by atoms with Gasteiger partial charge in [-0.25, -0.2) is 4.39 Å². The number of anilines is 1. The summed E-state index contributed by atoms with van der Waals surface area (Å²) in [7, 11) is 0. The molecule has 4 rings (SSSR count). The number of hydrogen-bond donors (Lipinski definition) is 2. The van der Waals surface area contributed by atoms with Crippen molar-refractivity contribution in [3.05, 3.63) is 69.5 Å². The minimum absolute atomic E-state index is 0.0222. The third kappa shape index (κ3) is 4.56. The van der Waals surface area contributed by atoms with E-state index in [1.807, 2.05) is 13.0 Å². The van der Waals surface area contributed by atoms with Crippen LogP contribution in [0.15, 0.2) is 42.0 Å². The molecule has 2 aromatic rings. The first-order valence-electron chi connectivity index (χ1n) is 10.9. The van der Waals surface area contributed by atoms with Gasteiger partial charge in [0.05, 0.1) is 0 Å². The lowest BCUT2D eigenvalue weighted by Gasteiger charge is -2.22. The van der Waals surface area contributed by atoms with E-state index in [1.54, 1.807) is 24.3 Å². The van der Waals surface area contributed by atoms with Gasteiger partial charge in [0.2, 0.25) is 11.5 Å². The van der Waals surface area contributed by atoms with Gasteiger partial charge >= 0.3 is 0 Å². The zero-order chi connectivity index (χ0) is 23.8. The van der Waals surface area contributed by atoms with E-state index >= 15 is 0 Å². The average Bonchev–Trinajstić information content (AvgIpc) is 3.33. The second-order valence-corrected chi connectivity index (χ2v) is 8.79. The molecule has 0 bridgehead atoms. The van der Waals surface area contributed by atoms with Crippen LogP contribution in [0.5, 0.6) is 0 Å². The maximum absolute atomic E-state index is 13.5. The van der Waals surface area contributed by atoms with Gasteiger partial charge in [-0.2, -0.15) is 0 Å². The Morgan fingerprint density at radius 1 is 1.24 bits per heavy atom. The lowest BCUT2D eigenvalue weighted by atomic mass is 9.92. The van der Waals surface area contributed by atoms with Gasteiger partial charge in [0.25, 0.3) is 5.91 Å². The lowest BCUT2D eigenvalue weighted by Crippen LogP contribution is -2.47. The summed E-state index contributed by atoms with van der Waals surface area (Å²) >= 11 is 5.85. The van der Waals surface area contributed by atoms with Gasteiger partial charge in [0.1, 0.15) is 5.82 Å². The number of amides is 2. The molecule has 8 heteroatoms. The summed E-state index contributed by atoms with van der Waals surface area (Å²) in [5.41, 5.74) is 1.44. The van der Waals surface area contributed by atoms with Crippen LogP contribution in [0, 0.1) is 5.82 Å². The molecule has 1 aliphatic heterocycles. The number of ketones is 1. The summed E-state index contributed by atoms with van der Waals surface area (Å²) in [6, 6.07) is 9.41. The number of likely N-dealkylation sites (N-methyl/N-ethyl adjacent to an activating group) is 1. The van der Waals surface area contributed by atoms with Crippen molar-refractivity contribution in [2.75, 3.05) is 18.0 Å². The van der Waals surface area contributed by atoms with E-state index in [4.69, 9.17) is 11.6 Å². The van der Waals surface area contributed by atoms with Gasteiger partial charge in [0.15, 0.2) is 5.78 Å². The molecule has 33 heavy (non-hydrogen) atoms. The van der Waals surface area contributed by atoms with Crippen LogP contribution >= 0.6 is 11.6 Å². The van der Waals surface area contributed by atoms with Crippen LogP contribution in [-0.4, -0.2) is 41.4 Å². The Balaban J connectivity index is 1.47. The van der Waals surface area contributed by atoms with E-state index in [9.17, 15) is 23.9 Å². The van der Waals surface area contributed by atoms with Gasteiger partial charge in [-0.3, -0.25) is 14.4 Å². The van der Waals surface area contributed by atoms with Crippen molar-refractivity contribution in [1.29, 1.82) is 0 Å². The van der Waals surface area contributed by atoms with Crippen LogP contribution in [0.1, 0.15) is 36.5 Å². The first kappa shape index (κ1) is 23.1. The van der Waals surface area contributed by atoms with E-state index in [1.165, 1.54) is 17.0 Å². The van der Waals surface area contributed by atoms with Crippen LogP contribution in [0.2, 0.25) is 5.02 Å². The van der Waals surface area contributed by atoms with E-state index in [2.05, 4.69) is 5.32 Å². The summed E-state index contributed by atoms with van der Waals surface area (Å²) in [5.74, 6) is -1.90. The third-order valence-electron chi connectivity index (χ3n) is 6.10. The Bertz CT molecular complexity index is 1160. The third-order valence-corrected chi connectivity index (χ3v) is 6.32. The maximum atomic E-state index is 13.5. The van der Waals surface area contributed by atoms with Crippen molar-refractivity contribution in [3.63, 3.8) is 0 Å². The number of carbonyl (C=O) groups is 3. The van der Waals surface area contributed by atoms with Crippen molar-refractivity contribution in [2.45, 2.75) is 38.2 Å². The Morgan fingerprint density at radius 2 is 2.03 bits per heavy atom. The van der Waals surface area contributed by atoms with Crippen LogP contribution in [0.25, 0.3) is 6.08 Å². The molecule has 2 aliphatic rings. The van der Waals surface area contributed by atoms with Crippen LogP contribution in [0.4, 0.5) is 10.1 Å². The summed E-state index contributed by atoms with van der Waals surface area (Å²) in [4.78, 5) is 39.4. The van der Waals surface area contributed by atoms with Crippen molar-refractivity contribution >= 4 is 41.0 Å². The fourth-order valence-electron chi connectivity index (χ4n) is 4.34. The number of benzene rings is 2. The fourth-order valence-corrected chi connectivity index (χ4v) is 4.58. The fraction of sp³-hybridized carbons (Fsp3) is 0.320. The number of aryl methyl sites for hydroxylation is 1. The monoisotopic (exact) mass is 470 g/mol. The van der Waals surface area contributed by atoms with Crippen molar-refractivity contribution in [2.24, 2.45) is 0 Å². The smallest absolute Gasteiger partial charge is 0.266 e. The highest BCUT2D eigenvalue weighted by molar-refractivity contribution is 6.30. The predicted octanol–water partition coefficient (Wildman–Crippen LogP) is 3.22. The zero-order valence-corrected chi connectivity index (χ0v) is 18.9. The highest BCUT2D eigenvalue weighted by atomic mass is 35.5. The summed E-state index contributed by atoms with van der Waals surface area (Å²) in [6.07, 6.45) is 2.34. The second kappa shape index (κ2) is 9.08. The normalized spacial score (nSPS) is 19.5. The summed E-state index contributed by atoms with van der Waals surface area (Å²) < 4.78 is 13.5. The van der Waals surface area contributed by atoms with Crippen molar-refractivity contribution in [3.8, 4) is 0 Å². The molecular weight excluding hydrogens is 447 g/mol. The summed E-state index contributed by atoms with van der Waals surface area (Å²) in [5, 5.41) is 13.9. The molecule has 1 aliphatic carbocycles. The average molecular weight is 471 g/mol. The number of nitrogens with one attached hydrogen (secondary N) is 1. The lowest BCUT2D eigenvalue weighted by molar-refractivity contribution is -0.147. The molecule has 6 nitrogen and oxygen atoms in total. The molecule has 1 atom stereocenters. The Morgan fingerprint density at radius 3 is 2.76 bits per heavy atom. The number of nitrogens with zero attached hydrogens (tertiary/aromatic N) is 1. The largest absolute Gasteiger partial charge is 0.373 e. The first-order valence-corrected chi connectivity index (χ1v) is 11.2. The molecule has 2 amide bonds. The molecule has 1 fully saturated rings. The number of halogens is 2. The molecule has 0 spiro atoms. The minimum Gasteiger partial charge on any atom is -0.373 e. The predicted molar refractivity (Wildman–Crippen MR) is 123 cm³/mol. The van der Waals surface area contributed by atoms with Gasteiger partial charge < -0.3 is 15.3 Å². The molecule has 1 heterocycles. The highest BCUT2D eigenvalue weighted by Gasteiger charge is 2.50. The van der Waals surface area contributed by atoms with E-state index in [0.717, 1.165) is 11.1 Å². The number of carbonyl (C=O) groups excluding carboxylic acids is 3. The molecular formula is C25H24ClFN2O4. The minimum atomic E-state index is -2.11. The van der Waals surface area contributed by atoms with E-state index in [-0.39, 0.29) is 36.7 Å². The van der Waals surface area contributed by atoms with Gasteiger partial charge in [-0.1, -0.05) is 17.7 Å². The number of aliphatic hydroxyl groups is 1. The molecule has 0 unspecified atom stereocenters. The summed E-state index contributed by atoms with van der Waals surface area (Å²) in [6.45, 7) is 2.59. The SMILES string of the molecule is CCNC(=O)C1=Cc2cc(N3CC[C@@](O)(C(=O)CCc4cc(F)cc(Cl)c4)C3=O)ccc2C1.